The van der Waals surface area contributed by atoms with Crippen molar-refractivity contribution < 1.29 is 4.79 Å². The third kappa shape index (κ3) is 2.61. The predicted molar refractivity (Wildman–Crippen MR) is 81.9 cm³/mol. The van der Waals surface area contributed by atoms with Gasteiger partial charge in [-0.25, -0.2) is 0 Å². The molecule has 20 heavy (non-hydrogen) atoms. The summed E-state index contributed by atoms with van der Waals surface area (Å²) in [6.45, 7) is 4.58. The number of amides is 1. The van der Waals surface area contributed by atoms with E-state index in [1.165, 1.54) is 36.8 Å². The summed E-state index contributed by atoms with van der Waals surface area (Å²) in [4.78, 5) is 12.5. The van der Waals surface area contributed by atoms with Gasteiger partial charge in [-0.1, -0.05) is 32.8 Å². The van der Waals surface area contributed by atoms with Crippen LogP contribution in [0.15, 0.2) is 18.2 Å². The zero-order valence-electron chi connectivity index (χ0n) is 12.6. The lowest BCUT2D eigenvalue weighted by molar-refractivity contribution is 0.0891. The number of hydrogen-bond acceptors (Lipinski definition) is 1. The zero-order chi connectivity index (χ0) is 14.1. The van der Waals surface area contributed by atoms with Crippen LogP contribution < -0.4 is 5.32 Å². The van der Waals surface area contributed by atoms with E-state index in [9.17, 15) is 4.79 Å². The first kappa shape index (κ1) is 13.7. The fourth-order valence-electron chi connectivity index (χ4n) is 3.75. The van der Waals surface area contributed by atoms with Gasteiger partial charge < -0.3 is 5.32 Å². The predicted octanol–water partition coefficient (Wildman–Crippen LogP) is 3.73. The van der Waals surface area contributed by atoms with E-state index in [2.05, 4.69) is 31.3 Å². The summed E-state index contributed by atoms with van der Waals surface area (Å²) in [5, 5.41) is 3.27. The minimum atomic E-state index is 0.116. The average Bonchev–Trinajstić information content (AvgIpc) is 2.91. The number of carbonyl (C=O) groups excluding carboxylic acids is 1. The number of nitrogens with one attached hydrogen (secondary N) is 1. The van der Waals surface area contributed by atoms with Gasteiger partial charge in [-0.2, -0.15) is 0 Å². The summed E-state index contributed by atoms with van der Waals surface area (Å²) >= 11 is 0. The van der Waals surface area contributed by atoms with E-state index < -0.39 is 0 Å². The third-order valence-corrected chi connectivity index (χ3v) is 5.38. The lowest BCUT2D eigenvalue weighted by Gasteiger charge is -2.34. The monoisotopic (exact) mass is 271 g/mol. The summed E-state index contributed by atoms with van der Waals surface area (Å²) in [7, 11) is 0. The Morgan fingerprint density at radius 3 is 2.75 bits per heavy atom. The first-order chi connectivity index (χ1) is 9.65. The van der Waals surface area contributed by atoms with E-state index in [0.717, 1.165) is 18.4 Å². The van der Waals surface area contributed by atoms with Gasteiger partial charge in [-0.05, 0) is 60.8 Å². The molecule has 3 unspecified atom stereocenters. The fourth-order valence-corrected chi connectivity index (χ4v) is 3.75. The maximum Gasteiger partial charge on any atom is 0.251 e. The molecule has 0 radical (unpaired) electrons. The molecule has 0 spiro atoms. The molecule has 2 heteroatoms. The van der Waals surface area contributed by atoms with Crippen LogP contribution in [0.25, 0.3) is 0 Å². The highest BCUT2D eigenvalue weighted by molar-refractivity contribution is 5.94. The molecule has 2 aliphatic rings. The molecular formula is C18H25NO. The number of benzene rings is 1. The van der Waals surface area contributed by atoms with Crippen LogP contribution in [0.1, 0.15) is 61.0 Å². The van der Waals surface area contributed by atoms with Crippen molar-refractivity contribution in [1.82, 2.24) is 5.32 Å². The molecule has 0 bridgehead atoms. The molecule has 2 aliphatic carbocycles. The van der Waals surface area contributed by atoms with E-state index in [1.54, 1.807) is 0 Å². The summed E-state index contributed by atoms with van der Waals surface area (Å²) < 4.78 is 0. The van der Waals surface area contributed by atoms with Crippen LogP contribution in [0.4, 0.5) is 0 Å². The Hall–Kier alpha value is -1.31. The normalized spacial score (nSPS) is 29.0. The van der Waals surface area contributed by atoms with Gasteiger partial charge in [0.1, 0.15) is 0 Å². The average molecular weight is 271 g/mol. The highest BCUT2D eigenvalue weighted by Crippen LogP contribution is 2.30. The van der Waals surface area contributed by atoms with E-state index in [0.29, 0.717) is 17.9 Å². The summed E-state index contributed by atoms with van der Waals surface area (Å²) in [5.74, 6) is 1.42. The van der Waals surface area contributed by atoms with Gasteiger partial charge in [0.15, 0.2) is 0 Å². The van der Waals surface area contributed by atoms with Crippen molar-refractivity contribution in [2.75, 3.05) is 0 Å². The van der Waals surface area contributed by atoms with E-state index in [4.69, 9.17) is 0 Å². The molecule has 3 atom stereocenters. The van der Waals surface area contributed by atoms with Gasteiger partial charge in [0, 0.05) is 11.6 Å². The molecule has 108 valence electrons. The first-order valence-electron chi connectivity index (χ1n) is 8.08. The van der Waals surface area contributed by atoms with Crippen LogP contribution in [-0.4, -0.2) is 11.9 Å². The van der Waals surface area contributed by atoms with Crippen molar-refractivity contribution in [2.24, 2.45) is 11.8 Å². The molecule has 2 nitrogen and oxygen atoms in total. The van der Waals surface area contributed by atoms with Gasteiger partial charge in [0.2, 0.25) is 0 Å². The van der Waals surface area contributed by atoms with E-state index in [1.807, 2.05) is 6.07 Å². The van der Waals surface area contributed by atoms with Crippen LogP contribution >= 0.6 is 0 Å². The highest BCUT2D eigenvalue weighted by atomic mass is 16.1. The molecule has 0 aromatic heterocycles. The molecule has 1 aromatic rings. The number of carbonyl (C=O) groups is 1. The Kier molecular flexibility index (Phi) is 3.82. The number of rotatable bonds is 2. The molecule has 1 saturated carbocycles. The number of fused-ring (bicyclic) bond motifs is 1. The van der Waals surface area contributed by atoms with Crippen molar-refractivity contribution in [3.05, 3.63) is 34.9 Å². The second kappa shape index (κ2) is 5.59. The van der Waals surface area contributed by atoms with E-state index >= 15 is 0 Å². The Morgan fingerprint density at radius 1 is 1.10 bits per heavy atom. The molecule has 0 aliphatic heterocycles. The number of hydrogen-bond donors (Lipinski definition) is 1. The van der Waals surface area contributed by atoms with Gasteiger partial charge in [0.05, 0.1) is 0 Å². The quantitative estimate of drug-likeness (QED) is 0.872. The lowest BCUT2D eigenvalue weighted by Crippen LogP contribution is -2.43. The van der Waals surface area contributed by atoms with Crippen molar-refractivity contribution in [2.45, 2.75) is 58.4 Å². The number of aryl methyl sites for hydroxylation is 2. The topological polar surface area (TPSA) is 29.1 Å². The minimum absolute atomic E-state index is 0.116. The standard InChI is InChI=1S/C18H25NO/c1-12-5-3-8-17(13(12)2)19-18(20)16-10-9-14-6-4-7-15(14)11-16/h9-13,17H,3-8H2,1-2H3,(H,19,20). The largest absolute Gasteiger partial charge is 0.349 e. The Morgan fingerprint density at radius 2 is 1.90 bits per heavy atom. The van der Waals surface area contributed by atoms with Gasteiger partial charge in [-0.15, -0.1) is 0 Å². The van der Waals surface area contributed by atoms with Gasteiger partial charge >= 0.3 is 0 Å². The molecule has 0 saturated heterocycles. The Labute approximate surface area is 122 Å². The van der Waals surface area contributed by atoms with Crippen molar-refractivity contribution >= 4 is 5.91 Å². The van der Waals surface area contributed by atoms with Crippen molar-refractivity contribution in [1.29, 1.82) is 0 Å². The maximum atomic E-state index is 12.5. The molecule has 1 aromatic carbocycles. The minimum Gasteiger partial charge on any atom is -0.349 e. The zero-order valence-corrected chi connectivity index (χ0v) is 12.6. The van der Waals surface area contributed by atoms with Crippen LogP contribution in [-0.2, 0) is 12.8 Å². The Balaban J connectivity index is 1.70. The Bertz CT molecular complexity index is 508. The molecule has 3 rings (SSSR count). The van der Waals surface area contributed by atoms with Crippen LogP contribution in [0, 0.1) is 11.8 Å². The van der Waals surface area contributed by atoms with Gasteiger partial charge in [-0.3, -0.25) is 4.79 Å². The molecule has 0 heterocycles. The lowest BCUT2D eigenvalue weighted by atomic mass is 9.78. The fraction of sp³-hybridized carbons (Fsp3) is 0.611. The highest BCUT2D eigenvalue weighted by Gasteiger charge is 2.28. The summed E-state index contributed by atoms with van der Waals surface area (Å²) in [6, 6.07) is 6.59. The summed E-state index contributed by atoms with van der Waals surface area (Å²) in [6.07, 6.45) is 7.20. The summed E-state index contributed by atoms with van der Waals surface area (Å²) in [5.41, 5.74) is 3.65. The molecule has 1 N–H and O–H groups in total. The van der Waals surface area contributed by atoms with Crippen LogP contribution in [0.2, 0.25) is 0 Å². The van der Waals surface area contributed by atoms with Crippen molar-refractivity contribution in [3.8, 4) is 0 Å². The third-order valence-electron chi connectivity index (χ3n) is 5.38. The van der Waals surface area contributed by atoms with Crippen molar-refractivity contribution in [3.63, 3.8) is 0 Å². The molecule has 1 fully saturated rings. The van der Waals surface area contributed by atoms with Crippen LogP contribution in [0.3, 0.4) is 0 Å². The SMILES string of the molecule is CC1CCCC(NC(=O)c2ccc3c(c2)CCC3)C1C. The smallest absolute Gasteiger partial charge is 0.251 e. The maximum absolute atomic E-state index is 12.5. The van der Waals surface area contributed by atoms with Crippen LogP contribution in [0.5, 0.6) is 0 Å². The first-order valence-corrected chi connectivity index (χ1v) is 8.08. The second-order valence-electron chi connectivity index (χ2n) is 6.68. The van der Waals surface area contributed by atoms with E-state index in [-0.39, 0.29) is 5.91 Å². The second-order valence-corrected chi connectivity index (χ2v) is 6.68. The molecular weight excluding hydrogens is 246 g/mol. The molecule has 1 amide bonds. The van der Waals surface area contributed by atoms with Gasteiger partial charge in [0.25, 0.3) is 5.91 Å².